The fourth-order valence-electron chi connectivity index (χ4n) is 2.61. The van der Waals surface area contributed by atoms with Crippen LogP contribution in [0.1, 0.15) is 37.3 Å². The molecule has 1 aromatic rings. The molecule has 19 heavy (non-hydrogen) atoms. The number of aryl methyl sites for hydroxylation is 2. The lowest BCUT2D eigenvalue weighted by molar-refractivity contribution is -0.129. The first-order valence-electron chi connectivity index (χ1n) is 7.04. The zero-order valence-corrected chi connectivity index (χ0v) is 11.7. The van der Waals surface area contributed by atoms with Gasteiger partial charge in [0, 0.05) is 37.6 Å². The minimum Gasteiger partial charge on any atom is -0.396 e. The van der Waals surface area contributed by atoms with Gasteiger partial charge in [-0.3, -0.25) is 4.79 Å². The number of carbonyl (C=O) groups is 1. The van der Waals surface area contributed by atoms with Gasteiger partial charge in [0.15, 0.2) is 0 Å². The van der Waals surface area contributed by atoms with E-state index in [2.05, 4.69) is 5.16 Å². The Morgan fingerprint density at radius 2 is 2.26 bits per heavy atom. The van der Waals surface area contributed by atoms with Crippen molar-refractivity contribution >= 4 is 5.91 Å². The van der Waals surface area contributed by atoms with E-state index < -0.39 is 0 Å². The molecule has 1 atom stereocenters. The molecule has 106 valence electrons. The van der Waals surface area contributed by atoms with Gasteiger partial charge in [-0.05, 0) is 12.8 Å². The van der Waals surface area contributed by atoms with Gasteiger partial charge in [0.05, 0.1) is 12.1 Å². The molecule has 1 unspecified atom stereocenters. The molecule has 1 saturated heterocycles. The van der Waals surface area contributed by atoms with E-state index in [-0.39, 0.29) is 18.4 Å². The van der Waals surface area contributed by atoms with E-state index in [1.807, 2.05) is 18.7 Å². The molecule has 0 saturated carbocycles. The third-order valence-electron chi connectivity index (χ3n) is 3.83. The van der Waals surface area contributed by atoms with Gasteiger partial charge in [-0.2, -0.15) is 0 Å². The lowest BCUT2D eigenvalue weighted by Gasteiger charge is -2.16. The Hall–Kier alpha value is -1.36. The number of rotatable bonds is 5. The number of hydrogen-bond acceptors (Lipinski definition) is 4. The van der Waals surface area contributed by atoms with E-state index in [4.69, 9.17) is 9.63 Å². The second-order valence-electron chi connectivity index (χ2n) is 5.09. The van der Waals surface area contributed by atoms with Crippen molar-refractivity contribution in [1.29, 1.82) is 0 Å². The molecule has 5 heteroatoms. The summed E-state index contributed by atoms with van der Waals surface area (Å²) in [7, 11) is 0. The van der Waals surface area contributed by atoms with Crippen molar-refractivity contribution in [3.8, 4) is 0 Å². The molecular formula is C14H22N2O3. The molecule has 1 fully saturated rings. The van der Waals surface area contributed by atoms with Crippen molar-refractivity contribution in [3.05, 3.63) is 17.0 Å². The van der Waals surface area contributed by atoms with Gasteiger partial charge in [0.1, 0.15) is 5.76 Å². The second kappa shape index (κ2) is 6.19. The lowest BCUT2D eigenvalue weighted by atomic mass is 10.1. The van der Waals surface area contributed by atoms with Gasteiger partial charge in [0.25, 0.3) is 0 Å². The van der Waals surface area contributed by atoms with E-state index in [1.165, 1.54) is 0 Å². The van der Waals surface area contributed by atoms with E-state index in [0.717, 1.165) is 42.8 Å². The molecule has 1 amide bonds. The number of hydrogen-bond donors (Lipinski definition) is 1. The highest BCUT2D eigenvalue weighted by molar-refractivity contribution is 5.79. The van der Waals surface area contributed by atoms with Gasteiger partial charge < -0.3 is 14.5 Å². The van der Waals surface area contributed by atoms with Crippen LogP contribution in [0.25, 0.3) is 0 Å². The van der Waals surface area contributed by atoms with Gasteiger partial charge in [0.2, 0.25) is 5.91 Å². The van der Waals surface area contributed by atoms with Crippen LogP contribution in [0.3, 0.4) is 0 Å². The number of likely N-dealkylation sites (tertiary alicyclic amines) is 1. The molecular weight excluding hydrogens is 244 g/mol. The Balaban J connectivity index is 2.04. The van der Waals surface area contributed by atoms with Crippen molar-refractivity contribution in [2.75, 3.05) is 19.7 Å². The Morgan fingerprint density at radius 1 is 1.47 bits per heavy atom. The number of amides is 1. The topological polar surface area (TPSA) is 66.6 Å². The normalized spacial score (nSPS) is 19.1. The summed E-state index contributed by atoms with van der Waals surface area (Å²) in [6, 6.07) is 0. The number of aromatic nitrogens is 1. The first-order valence-corrected chi connectivity index (χ1v) is 7.04. The van der Waals surface area contributed by atoms with Crippen molar-refractivity contribution < 1.29 is 14.4 Å². The van der Waals surface area contributed by atoms with Crippen molar-refractivity contribution in [2.45, 2.75) is 39.5 Å². The van der Waals surface area contributed by atoms with Crippen molar-refractivity contribution in [3.63, 3.8) is 0 Å². The summed E-state index contributed by atoms with van der Waals surface area (Å²) in [6.45, 7) is 5.60. The van der Waals surface area contributed by atoms with Crippen LogP contribution in [0.2, 0.25) is 0 Å². The Labute approximate surface area is 113 Å². The molecule has 1 aliphatic heterocycles. The van der Waals surface area contributed by atoms with Crippen LogP contribution in [0.4, 0.5) is 0 Å². The highest BCUT2D eigenvalue weighted by atomic mass is 16.5. The molecule has 0 radical (unpaired) electrons. The number of carbonyl (C=O) groups excluding carboxylic acids is 1. The van der Waals surface area contributed by atoms with Crippen LogP contribution in [-0.4, -0.2) is 40.8 Å². The van der Waals surface area contributed by atoms with Gasteiger partial charge in [-0.1, -0.05) is 19.0 Å². The second-order valence-corrected chi connectivity index (χ2v) is 5.09. The summed E-state index contributed by atoms with van der Waals surface area (Å²) >= 11 is 0. The van der Waals surface area contributed by atoms with Gasteiger partial charge >= 0.3 is 0 Å². The molecule has 1 N–H and O–H groups in total. The predicted molar refractivity (Wildman–Crippen MR) is 70.7 cm³/mol. The van der Waals surface area contributed by atoms with Crippen LogP contribution in [0.15, 0.2) is 4.52 Å². The highest BCUT2D eigenvalue weighted by Gasteiger charge is 2.27. The monoisotopic (exact) mass is 266 g/mol. The zero-order valence-electron chi connectivity index (χ0n) is 11.7. The van der Waals surface area contributed by atoms with E-state index >= 15 is 0 Å². The summed E-state index contributed by atoms with van der Waals surface area (Å²) < 4.78 is 5.28. The van der Waals surface area contributed by atoms with E-state index in [1.54, 1.807) is 0 Å². The van der Waals surface area contributed by atoms with Crippen LogP contribution in [0, 0.1) is 5.92 Å². The largest absolute Gasteiger partial charge is 0.396 e. The maximum atomic E-state index is 12.3. The number of nitrogens with zero attached hydrogens (tertiary/aromatic N) is 2. The SMILES string of the molecule is CCc1noc(CC)c1CC(=O)N1CCC(CO)C1. The zero-order chi connectivity index (χ0) is 13.8. The average Bonchev–Trinajstić information content (AvgIpc) is 3.04. The maximum absolute atomic E-state index is 12.3. The minimum atomic E-state index is 0.114. The Morgan fingerprint density at radius 3 is 2.84 bits per heavy atom. The van der Waals surface area contributed by atoms with Crippen molar-refractivity contribution in [1.82, 2.24) is 10.1 Å². The van der Waals surface area contributed by atoms with E-state index in [0.29, 0.717) is 13.0 Å². The Kier molecular flexibility index (Phi) is 4.58. The van der Waals surface area contributed by atoms with E-state index in [9.17, 15) is 4.79 Å². The molecule has 0 aromatic carbocycles. The molecule has 5 nitrogen and oxygen atoms in total. The molecule has 1 aromatic heterocycles. The summed E-state index contributed by atoms with van der Waals surface area (Å²) in [5.74, 6) is 1.18. The molecule has 2 rings (SSSR count). The van der Waals surface area contributed by atoms with Crippen LogP contribution in [0.5, 0.6) is 0 Å². The Bertz CT molecular complexity index is 420. The lowest BCUT2D eigenvalue weighted by Crippen LogP contribution is -2.30. The van der Waals surface area contributed by atoms with Crippen LogP contribution < -0.4 is 0 Å². The van der Waals surface area contributed by atoms with Gasteiger partial charge in [-0.15, -0.1) is 0 Å². The number of aliphatic hydroxyl groups excluding tert-OH is 1. The van der Waals surface area contributed by atoms with Crippen molar-refractivity contribution in [2.24, 2.45) is 5.92 Å². The molecule has 1 aliphatic rings. The minimum absolute atomic E-state index is 0.114. The first kappa shape index (κ1) is 14.1. The number of aliphatic hydroxyl groups is 1. The molecule has 2 heterocycles. The fraction of sp³-hybridized carbons (Fsp3) is 0.714. The van der Waals surface area contributed by atoms with Gasteiger partial charge in [-0.25, -0.2) is 0 Å². The molecule has 0 spiro atoms. The summed E-state index contributed by atoms with van der Waals surface area (Å²) in [5.41, 5.74) is 1.85. The maximum Gasteiger partial charge on any atom is 0.227 e. The smallest absolute Gasteiger partial charge is 0.227 e. The average molecular weight is 266 g/mol. The third-order valence-corrected chi connectivity index (χ3v) is 3.83. The quantitative estimate of drug-likeness (QED) is 0.869. The highest BCUT2D eigenvalue weighted by Crippen LogP contribution is 2.20. The first-order chi connectivity index (χ1) is 9.19. The summed E-state index contributed by atoms with van der Waals surface area (Å²) in [5, 5.41) is 13.2. The summed E-state index contributed by atoms with van der Waals surface area (Å²) in [4.78, 5) is 14.1. The predicted octanol–water partition coefficient (Wildman–Crippen LogP) is 1.18. The fourth-order valence-corrected chi connectivity index (χ4v) is 2.61. The van der Waals surface area contributed by atoms with Crippen LogP contribution >= 0.6 is 0 Å². The molecule has 0 aliphatic carbocycles. The standard InChI is InChI=1S/C14H22N2O3/c1-3-12-11(13(4-2)19-15-12)7-14(18)16-6-5-10(8-16)9-17/h10,17H,3-9H2,1-2H3. The van der Waals surface area contributed by atoms with Crippen LogP contribution in [-0.2, 0) is 24.1 Å². The summed E-state index contributed by atoms with van der Waals surface area (Å²) in [6.07, 6.45) is 2.81. The third kappa shape index (κ3) is 2.97. The molecule has 0 bridgehead atoms.